The summed E-state index contributed by atoms with van der Waals surface area (Å²) in [7, 11) is 0. The molecule has 1 aliphatic heterocycles. The Morgan fingerprint density at radius 1 is 1.19 bits per heavy atom. The Morgan fingerprint density at radius 3 is 2.73 bits per heavy atom. The van der Waals surface area contributed by atoms with E-state index in [2.05, 4.69) is 28.2 Å². The lowest BCUT2D eigenvalue weighted by Gasteiger charge is -2.34. The summed E-state index contributed by atoms with van der Waals surface area (Å²) in [5.41, 5.74) is 1.86. The number of piperazine rings is 1. The third-order valence-electron chi connectivity index (χ3n) is 4.72. The molecular weight excluding hydrogens is 348 g/mol. The molecule has 1 saturated heterocycles. The third kappa shape index (κ3) is 4.96. The van der Waals surface area contributed by atoms with E-state index >= 15 is 0 Å². The number of halogens is 1. The maximum Gasteiger partial charge on any atom is 0.254 e. The van der Waals surface area contributed by atoms with Gasteiger partial charge in [0.25, 0.3) is 5.91 Å². The van der Waals surface area contributed by atoms with Crippen molar-refractivity contribution < 1.29 is 4.79 Å². The van der Waals surface area contributed by atoms with E-state index in [-0.39, 0.29) is 5.91 Å². The van der Waals surface area contributed by atoms with Gasteiger partial charge in [0, 0.05) is 49.5 Å². The van der Waals surface area contributed by atoms with Crippen molar-refractivity contribution in [3.05, 3.63) is 58.7 Å². The third-order valence-corrected chi connectivity index (χ3v) is 4.96. The summed E-state index contributed by atoms with van der Waals surface area (Å²) in [5.74, 6) is 0.811. The van der Waals surface area contributed by atoms with Gasteiger partial charge in [0.2, 0.25) is 0 Å². The first-order valence-electron chi connectivity index (χ1n) is 9.11. The van der Waals surface area contributed by atoms with Crippen LogP contribution in [0, 0.1) is 0 Å². The fourth-order valence-electron chi connectivity index (χ4n) is 3.14. The summed E-state index contributed by atoms with van der Waals surface area (Å²) in [6, 6.07) is 11.5. The second-order valence-corrected chi connectivity index (χ2v) is 6.90. The number of carbonyl (C=O) groups is 1. The maximum atomic E-state index is 12.7. The number of hydrogen-bond acceptors (Lipinski definition) is 4. The number of nitrogens with one attached hydrogen (secondary N) is 1. The second kappa shape index (κ2) is 9.01. The molecule has 0 saturated carbocycles. The minimum atomic E-state index is 0.0843. The number of aromatic nitrogens is 1. The van der Waals surface area contributed by atoms with Gasteiger partial charge < -0.3 is 15.1 Å². The van der Waals surface area contributed by atoms with E-state index < -0.39 is 0 Å². The van der Waals surface area contributed by atoms with E-state index in [4.69, 9.17) is 11.6 Å². The van der Waals surface area contributed by atoms with Crippen LogP contribution in [0.2, 0.25) is 5.02 Å². The molecule has 26 heavy (non-hydrogen) atoms. The Hall–Kier alpha value is -2.11. The standard InChI is InChI=1S/C20H25ClN4O/c1-2-24-10-12-25(13-11-24)20(26)17-7-9-23-19(15-17)22-8-6-16-4-3-5-18(21)14-16/h3-5,7,9,14-15H,2,6,8,10-13H2,1H3,(H,22,23). The summed E-state index contributed by atoms with van der Waals surface area (Å²) < 4.78 is 0. The molecule has 138 valence electrons. The summed E-state index contributed by atoms with van der Waals surface area (Å²) in [6.07, 6.45) is 2.54. The quantitative estimate of drug-likeness (QED) is 0.846. The molecule has 0 aliphatic carbocycles. The van der Waals surface area contributed by atoms with E-state index in [0.717, 1.165) is 56.5 Å². The first kappa shape index (κ1) is 18.7. The summed E-state index contributed by atoms with van der Waals surface area (Å²) in [4.78, 5) is 21.3. The van der Waals surface area contributed by atoms with Gasteiger partial charge in [0.1, 0.15) is 5.82 Å². The molecule has 1 amide bonds. The Labute approximate surface area is 160 Å². The van der Waals surface area contributed by atoms with Crippen LogP contribution in [0.4, 0.5) is 5.82 Å². The predicted molar refractivity (Wildman–Crippen MR) is 106 cm³/mol. The number of rotatable bonds is 6. The number of pyridine rings is 1. The fourth-order valence-corrected chi connectivity index (χ4v) is 3.35. The molecule has 5 nitrogen and oxygen atoms in total. The van der Waals surface area contributed by atoms with E-state index in [9.17, 15) is 4.79 Å². The maximum absolute atomic E-state index is 12.7. The van der Waals surface area contributed by atoms with E-state index in [1.165, 1.54) is 5.56 Å². The normalized spacial score (nSPS) is 15.1. The van der Waals surface area contributed by atoms with Crippen molar-refractivity contribution in [2.24, 2.45) is 0 Å². The highest BCUT2D eigenvalue weighted by Crippen LogP contribution is 2.14. The molecular formula is C20H25ClN4O. The highest BCUT2D eigenvalue weighted by atomic mass is 35.5. The van der Waals surface area contributed by atoms with Crippen molar-refractivity contribution in [3.8, 4) is 0 Å². The minimum absolute atomic E-state index is 0.0843. The largest absolute Gasteiger partial charge is 0.370 e. The van der Waals surface area contributed by atoms with E-state index in [1.807, 2.05) is 29.2 Å². The van der Waals surface area contributed by atoms with Crippen LogP contribution < -0.4 is 5.32 Å². The number of amides is 1. The molecule has 6 heteroatoms. The van der Waals surface area contributed by atoms with Crippen molar-refractivity contribution in [3.63, 3.8) is 0 Å². The SMILES string of the molecule is CCN1CCN(C(=O)c2ccnc(NCCc3cccc(Cl)c3)c2)CC1. The zero-order valence-electron chi connectivity index (χ0n) is 15.1. The van der Waals surface area contributed by atoms with Gasteiger partial charge in [0.15, 0.2) is 0 Å². The summed E-state index contributed by atoms with van der Waals surface area (Å²) in [6.45, 7) is 7.38. The molecule has 0 radical (unpaired) electrons. The molecule has 0 bridgehead atoms. The van der Waals surface area contributed by atoms with Gasteiger partial charge in [-0.05, 0) is 42.8 Å². The van der Waals surface area contributed by atoms with Gasteiger partial charge in [-0.15, -0.1) is 0 Å². The molecule has 2 aromatic rings. The predicted octanol–water partition coefficient (Wildman–Crippen LogP) is 3.17. The number of anilines is 1. The Balaban J connectivity index is 1.55. The smallest absolute Gasteiger partial charge is 0.254 e. The van der Waals surface area contributed by atoms with Crippen LogP contribution in [0.25, 0.3) is 0 Å². The molecule has 0 spiro atoms. The Bertz CT molecular complexity index is 744. The van der Waals surface area contributed by atoms with Crippen LogP contribution in [-0.4, -0.2) is 60.0 Å². The van der Waals surface area contributed by atoms with Gasteiger partial charge in [-0.2, -0.15) is 0 Å². The number of nitrogens with zero attached hydrogens (tertiary/aromatic N) is 3. The van der Waals surface area contributed by atoms with Crippen LogP contribution in [0.15, 0.2) is 42.6 Å². The van der Waals surface area contributed by atoms with Gasteiger partial charge in [0.05, 0.1) is 0 Å². The minimum Gasteiger partial charge on any atom is -0.370 e. The second-order valence-electron chi connectivity index (χ2n) is 6.46. The molecule has 0 unspecified atom stereocenters. The van der Waals surface area contributed by atoms with E-state index in [0.29, 0.717) is 5.56 Å². The first-order valence-corrected chi connectivity index (χ1v) is 9.49. The molecule has 2 heterocycles. The average Bonchev–Trinajstić information content (AvgIpc) is 2.68. The molecule has 1 aromatic carbocycles. The monoisotopic (exact) mass is 372 g/mol. The molecule has 1 N–H and O–H groups in total. The highest BCUT2D eigenvalue weighted by Gasteiger charge is 2.21. The van der Waals surface area contributed by atoms with E-state index in [1.54, 1.807) is 12.3 Å². The Morgan fingerprint density at radius 2 is 2.00 bits per heavy atom. The van der Waals surface area contributed by atoms with Crippen LogP contribution >= 0.6 is 11.6 Å². The van der Waals surface area contributed by atoms with Crippen molar-refractivity contribution >= 4 is 23.3 Å². The Kier molecular flexibility index (Phi) is 6.47. The van der Waals surface area contributed by atoms with Gasteiger partial charge in [-0.1, -0.05) is 30.7 Å². The lowest BCUT2D eigenvalue weighted by Crippen LogP contribution is -2.48. The summed E-state index contributed by atoms with van der Waals surface area (Å²) in [5, 5.41) is 4.04. The number of likely N-dealkylation sites (N-methyl/N-ethyl adjacent to an activating group) is 1. The molecule has 1 aliphatic rings. The molecule has 3 rings (SSSR count). The zero-order valence-corrected chi connectivity index (χ0v) is 15.9. The number of benzene rings is 1. The highest BCUT2D eigenvalue weighted by molar-refractivity contribution is 6.30. The van der Waals surface area contributed by atoms with Gasteiger partial charge in [-0.25, -0.2) is 4.98 Å². The average molecular weight is 373 g/mol. The van der Waals surface area contributed by atoms with Gasteiger partial charge in [-0.3, -0.25) is 4.79 Å². The number of hydrogen-bond donors (Lipinski definition) is 1. The van der Waals surface area contributed by atoms with Gasteiger partial charge >= 0.3 is 0 Å². The lowest BCUT2D eigenvalue weighted by atomic mass is 10.1. The molecule has 0 atom stereocenters. The van der Waals surface area contributed by atoms with Crippen LogP contribution in [0.3, 0.4) is 0 Å². The van der Waals surface area contributed by atoms with Crippen molar-refractivity contribution in [1.82, 2.24) is 14.8 Å². The fraction of sp³-hybridized carbons (Fsp3) is 0.400. The first-order chi connectivity index (χ1) is 12.7. The lowest BCUT2D eigenvalue weighted by molar-refractivity contribution is 0.0643. The van der Waals surface area contributed by atoms with Crippen molar-refractivity contribution in [1.29, 1.82) is 0 Å². The van der Waals surface area contributed by atoms with Crippen molar-refractivity contribution in [2.45, 2.75) is 13.3 Å². The van der Waals surface area contributed by atoms with Crippen molar-refractivity contribution in [2.75, 3.05) is 44.6 Å². The summed E-state index contributed by atoms with van der Waals surface area (Å²) >= 11 is 6.01. The topological polar surface area (TPSA) is 48.5 Å². The van der Waals surface area contributed by atoms with Crippen LogP contribution in [0.1, 0.15) is 22.8 Å². The molecule has 1 aromatic heterocycles. The van der Waals surface area contributed by atoms with Crippen LogP contribution in [0.5, 0.6) is 0 Å². The zero-order chi connectivity index (χ0) is 18.4. The molecule has 1 fully saturated rings. The van der Waals surface area contributed by atoms with Crippen LogP contribution in [-0.2, 0) is 6.42 Å². The number of carbonyl (C=O) groups excluding carboxylic acids is 1.